The molecule has 8 heteroatoms. The SMILES string of the molecule is COCCN(CC(=O)N(Cc1ccc(F)cc1)Cc1coc2ccccc2c1=O)C(=O)CCC1CCCC1. The normalized spacial score (nSPS) is 13.6. The van der Waals surface area contributed by atoms with Gasteiger partial charge in [0, 0.05) is 26.6 Å². The summed E-state index contributed by atoms with van der Waals surface area (Å²) in [6.45, 7) is 0.632. The molecule has 1 aliphatic rings. The molecule has 1 heterocycles. The van der Waals surface area contributed by atoms with Gasteiger partial charge in [0.25, 0.3) is 0 Å². The number of benzene rings is 2. The molecule has 2 amide bonds. The van der Waals surface area contributed by atoms with Gasteiger partial charge in [-0.15, -0.1) is 0 Å². The number of para-hydroxylation sites is 1. The minimum absolute atomic E-state index is 0.00222. The van der Waals surface area contributed by atoms with E-state index < -0.39 is 0 Å². The molecule has 0 unspecified atom stereocenters. The topological polar surface area (TPSA) is 80.1 Å². The lowest BCUT2D eigenvalue weighted by Crippen LogP contribution is -2.44. The fraction of sp³-hybridized carbons (Fsp3) is 0.433. The minimum Gasteiger partial charge on any atom is -0.464 e. The second kappa shape index (κ2) is 13.3. The first-order valence-electron chi connectivity index (χ1n) is 13.2. The van der Waals surface area contributed by atoms with Gasteiger partial charge in [0.1, 0.15) is 11.4 Å². The molecule has 0 radical (unpaired) electrons. The number of hydrogen-bond donors (Lipinski definition) is 0. The van der Waals surface area contributed by atoms with Crippen LogP contribution in [0.25, 0.3) is 11.0 Å². The Morgan fingerprint density at radius 1 is 1.00 bits per heavy atom. The van der Waals surface area contributed by atoms with Crippen molar-refractivity contribution in [3.05, 3.63) is 82.0 Å². The fourth-order valence-electron chi connectivity index (χ4n) is 5.02. The molecule has 1 fully saturated rings. The van der Waals surface area contributed by atoms with Gasteiger partial charge < -0.3 is 19.0 Å². The van der Waals surface area contributed by atoms with Gasteiger partial charge in [-0.05, 0) is 42.2 Å². The summed E-state index contributed by atoms with van der Waals surface area (Å²) in [5.74, 6) is -0.192. The quantitative estimate of drug-likeness (QED) is 0.338. The van der Waals surface area contributed by atoms with E-state index in [1.807, 2.05) is 0 Å². The van der Waals surface area contributed by atoms with E-state index in [4.69, 9.17) is 9.15 Å². The zero-order chi connectivity index (χ0) is 26.9. The molecule has 1 saturated carbocycles. The summed E-state index contributed by atoms with van der Waals surface area (Å²) in [5.41, 5.74) is 1.29. The Labute approximate surface area is 222 Å². The third kappa shape index (κ3) is 7.28. The van der Waals surface area contributed by atoms with Gasteiger partial charge in [0.2, 0.25) is 11.8 Å². The van der Waals surface area contributed by atoms with E-state index >= 15 is 0 Å². The van der Waals surface area contributed by atoms with Crippen molar-refractivity contribution < 1.29 is 23.1 Å². The average Bonchev–Trinajstić information content (AvgIpc) is 3.45. The van der Waals surface area contributed by atoms with E-state index in [2.05, 4.69) is 0 Å². The van der Waals surface area contributed by atoms with Crippen molar-refractivity contribution >= 4 is 22.8 Å². The monoisotopic (exact) mass is 522 g/mol. The van der Waals surface area contributed by atoms with E-state index in [0.29, 0.717) is 47.6 Å². The highest BCUT2D eigenvalue weighted by Gasteiger charge is 2.24. The van der Waals surface area contributed by atoms with Crippen LogP contribution in [0.4, 0.5) is 4.39 Å². The molecule has 202 valence electrons. The molecule has 0 spiro atoms. The number of nitrogens with zero attached hydrogens (tertiary/aromatic N) is 2. The molecular formula is C30H35FN2O5. The van der Waals surface area contributed by atoms with Crippen molar-refractivity contribution in [2.75, 3.05) is 26.8 Å². The Bertz CT molecular complexity index is 1280. The second-order valence-electron chi connectivity index (χ2n) is 9.96. The van der Waals surface area contributed by atoms with E-state index in [1.165, 1.54) is 36.1 Å². The Morgan fingerprint density at radius 2 is 1.74 bits per heavy atom. The first-order valence-corrected chi connectivity index (χ1v) is 13.2. The molecule has 4 rings (SSSR count). The summed E-state index contributed by atoms with van der Waals surface area (Å²) in [4.78, 5) is 42.9. The third-order valence-electron chi connectivity index (χ3n) is 7.24. The second-order valence-corrected chi connectivity index (χ2v) is 9.96. The summed E-state index contributed by atoms with van der Waals surface area (Å²) in [6.07, 6.45) is 7.35. The highest BCUT2D eigenvalue weighted by Crippen LogP contribution is 2.28. The molecule has 0 N–H and O–H groups in total. The molecule has 0 bridgehead atoms. The van der Waals surface area contributed by atoms with Crippen LogP contribution in [-0.4, -0.2) is 48.4 Å². The molecular weight excluding hydrogens is 487 g/mol. The van der Waals surface area contributed by atoms with Gasteiger partial charge in [-0.2, -0.15) is 0 Å². The van der Waals surface area contributed by atoms with Gasteiger partial charge in [-0.3, -0.25) is 14.4 Å². The minimum atomic E-state index is -0.375. The first-order chi connectivity index (χ1) is 18.4. The maximum absolute atomic E-state index is 13.6. The largest absolute Gasteiger partial charge is 0.464 e. The highest BCUT2D eigenvalue weighted by molar-refractivity contribution is 5.85. The van der Waals surface area contributed by atoms with Crippen LogP contribution in [0, 0.1) is 11.7 Å². The van der Waals surface area contributed by atoms with Crippen molar-refractivity contribution in [3.8, 4) is 0 Å². The Balaban J connectivity index is 1.53. The van der Waals surface area contributed by atoms with E-state index in [-0.39, 0.29) is 42.7 Å². The maximum Gasteiger partial charge on any atom is 0.242 e. The van der Waals surface area contributed by atoms with Crippen LogP contribution in [0.5, 0.6) is 0 Å². The number of rotatable bonds is 12. The maximum atomic E-state index is 13.6. The highest BCUT2D eigenvalue weighted by atomic mass is 19.1. The fourth-order valence-corrected chi connectivity index (χ4v) is 5.02. The lowest BCUT2D eigenvalue weighted by Gasteiger charge is -2.28. The van der Waals surface area contributed by atoms with Gasteiger partial charge in [-0.1, -0.05) is 49.9 Å². The van der Waals surface area contributed by atoms with Crippen molar-refractivity contribution in [3.63, 3.8) is 0 Å². The summed E-state index contributed by atoms with van der Waals surface area (Å²) < 4.78 is 24.4. The summed E-state index contributed by atoms with van der Waals surface area (Å²) in [5, 5.41) is 0.433. The van der Waals surface area contributed by atoms with Crippen LogP contribution in [0.2, 0.25) is 0 Å². The van der Waals surface area contributed by atoms with Gasteiger partial charge in [0.05, 0.1) is 36.9 Å². The van der Waals surface area contributed by atoms with Crippen LogP contribution >= 0.6 is 0 Å². The molecule has 7 nitrogen and oxygen atoms in total. The Kier molecular flexibility index (Phi) is 9.65. The molecule has 1 aliphatic carbocycles. The number of hydrogen-bond acceptors (Lipinski definition) is 5. The standard InChI is InChI=1S/C30H35FN2O5/c1-37-17-16-32(28(34)15-12-22-6-2-3-7-22)20-29(35)33(18-23-10-13-25(31)14-11-23)19-24-21-38-27-9-5-4-8-26(27)30(24)36/h4-5,8-11,13-14,21-22H,2-3,6-7,12,15-20H2,1H3. The predicted octanol–water partition coefficient (Wildman–Crippen LogP) is 4.91. The zero-order valence-corrected chi connectivity index (χ0v) is 21.9. The first kappa shape index (κ1) is 27.5. The molecule has 1 aromatic heterocycles. The molecule has 3 aromatic rings. The lowest BCUT2D eigenvalue weighted by molar-refractivity contribution is -0.142. The number of ether oxygens (including phenoxy) is 1. The number of carbonyl (C=O) groups is 2. The van der Waals surface area contributed by atoms with Crippen LogP contribution in [-0.2, 0) is 27.4 Å². The van der Waals surface area contributed by atoms with Crippen molar-refractivity contribution in [1.29, 1.82) is 0 Å². The van der Waals surface area contributed by atoms with Crippen LogP contribution in [0.3, 0.4) is 0 Å². The molecule has 38 heavy (non-hydrogen) atoms. The molecule has 2 aromatic carbocycles. The molecule has 0 saturated heterocycles. The van der Waals surface area contributed by atoms with Crippen molar-refractivity contribution in [2.24, 2.45) is 5.92 Å². The predicted molar refractivity (Wildman–Crippen MR) is 143 cm³/mol. The molecule has 0 aliphatic heterocycles. The zero-order valence-electron chi connectivity index (χ0n) is 21.9. The summed E-state index contributed by atoms with van der Waals surface area (Å²) >= 11 is 0. The average molecular weight is 523 g/mol. The number of fused-ring (bicyclic) bond motifs is 1. The van der Waals surface area contributed by atoms with Crippen LogP contribution in [0.1, 0.15) is 49.7 Å². The third-order valence-corrected chi connectivity index (χ3v) is 7.24. The smallest absolute Gasteiger partial charge is 0.242 e. The Morgan fingerprint density at radius 3 is 2.47 bits per heavy atom. The van der Waals surface area contributed by atoms with Crippen LogP contribution in [0.15, 0.2) is 64.0 Å². The van der Waals surface area contributed by atoms with Gasteiger partial charge in [0.15, 0.2) is 5.43 Å². The summed E-state index contributed by atoms with van der Waals surface area (Å²) in [7, 11) is 1.56. The molecule has 0 atom stereocenters. The van der Waals surface area contributed by atoms with Crippen molar-refractivity contribution in [1.82, 2.24) is 9.80 Å². The Hall–Kier alpha value is -3.52. The van der Waals surface area contributed by atoms with Gasteiger partial charge >= 0.3 is 0 Å². The van der Waals surface area contributed by atoms with E-state index in [1.54, 1.807) is 48.4 Å². The van der Waals surface area contributed by atoms with Crippen molar-refractivity contribution in [2.45, 2.75) is 51.6 Å². The summed E-state index contributed by atoms with van der Waals surface area (Å²) in [6, 6.07) is 12.8. The number of amides is 2. The van der Waals surface area contributed by atoms with Gasteiger partial charge in [-0.25, -0.2) is 4.39 Å². The van der Waals surface area contributed by atoms with Crippen LogP contribution < -0.4 is 5.43 Å². The number of carbonyl (C=O) groups excluding carboxylic acids is 2. The van der Waals surface area contributed by atoms with E-state index in [9.17, 15) is 18.8 Å². The van der Waals surface area contributed by atoms with E-state index in [0.717, 1.165) is 19.3 Å². The number of halogens is 1. The lowest BCUT2D eigenvalue weighted by atomic mass is 10.0. The number of methoxy groups -OCH3 is 1.